The Hall–Kier alpha value is -3.64. The van der Waals surface area contributed by atoms with E-state index in [4.69, 9.17) is 0 Å². The minimum atomic E-state index is -1.57. The summed E-state index contributed by atoms with van der Waals surface area (Å²) in [6.07, 6.45) is 0. The molecule has 2 heterocycles. The van der Waals surface area contributed by atoms with Crippen LogP contribution in [0.4, 0.5) is 0 Å². The molecule has 0 aliphatic carbocycles. The number of hydrogen-bond acceptors (Lipinski definition) is 4. The first-order valence-electron chi connectivity index (χ1n) is 9.51. The average molecular weight is 411 g/mol. The summed E-state index contributed by atoms with van der Waals surface area (Å²) in [5.41, 5.74) is 2.47. The van der Waals surface area contributed by atoms with Crippen molar-refractivity contribution in [3.05, 3.63) is 107 Å². The molecule has 0 spiro atoms. The molecule has 30 heavy (non-hydrogen) atoms. The van der Waals surface area contributed by atoms with Gasteiger partial charge in [0.1, 0.15) is 0 Å². The first-order valence-corrected chi connectivity index (χ1v) is 10.8. The lowest BCUT2D eigenvalue weighted by atomic mass is 10.2. The van der Waals surface area contributed by atoms with Gasteiger partial charge in [-0.05, 0) is 36.4 Å². The Labute approximate surface area is 175 Å². The van der Waals surface area contributed by atoms with Crippen LogP contribution in [-0.4, -0.2) is 18.7 Å². The maximum atomic E-state index is 13.4. The number of nitrogens with zero attached hydrogens (tertiary/aromatic N) is 3. The highest BCUT2D eigenvalue weighted by Gasteiger charge is 2.18. The summed E-state index contributed by atoms with van der Waals surface area (Å²) < 4.78 is 14.8. The van der Waals surface area contributed by atoms with Gasteiger partial charge in [0.25, 0.3) is 5.56 Å². The van der Waals surface area contributed by atoms with Gasteiger partial charge in [-0.2, -0.15) is 0 Å². The Morgan fingerprint density at radius 2 is 1.43 bits per heavy atom. The number of aromatic nitrogens is 3. The zero-order valence-corrected chi connectivity index (χ0v) is 16.8. The highest BCUT2D eigenvalue weighted by atomic mass is 32.2. The van der Waals surface area contributed by atoms with Crippen molar-refractivity contribution >= 4 is 32.6 Å². The third kappa shape index (κ3) is 3.31. The van der Waals surface area contributed by atoms with Crippen LogP contribution in [0.2, 0.25) is 0 Å². The molecule has 1 atom stereocenters. The van der Waals surface area contributed by atoms with E-state index < -0.39 is 10.8 Å². The van der Waals surface area contributed by atoms with Gasteiger partial charge >= 0.3 is 0 Å². The molecule has 5 aromatic rings. The van der Waals surface area contributed by atoms with Crippen molar-refractivity contribution < 1.29 is 4.21 Å². The lowest BCUT2D eigenvalue weighted by Gasteiger charge is -2.13. The van der Waals surface area contributed by atoms with Crippen LogP contribution >= 0.6 is 0 Å². The van der Waals surface area contributed by atoms with E-state index in [1.54, 1.807) is 18.2 Å². The number of rotatable bonds is 4. The van der Waals surface area contributed by atoms with E-state index in [0.29, 0.717) is 22.3 Å². The second-order valence-corrected chi connectivity index (χ2v) is 8.22. The highest BCUT2D eigenvalue weighted by molar-refractivity contribution is 7.84. The molecule has 1 unspecified atom stereocenters. The van der Waals surface area contributed by atoms with Crippen molar-refractivity contribution in [1.29, 1.82) is 0 Å². The molecule has 6 heteroatoms. The minimum Gasteiger partial charge on any atom is -0.268 e. The second-order valence-electron chi connectivity index (χ2n) is 6.87. The van der Waals surface area contributed by atoms with Crippen molar-refractivity contribution in [2.75, 3.05) is 0 Å². The van der Waals surface area contributed by atoms with Crippen LogP contribution in [0, 0.1) is 0 Å². The van der Waals surface area contributed by atoms with Crippen LogP contribution in [0.25, 0.3) is 27.5 Å². The van der Waals surface area contributed by atoms with Crippen LogP contribution in [0.5, 0.6) is 0 Å². The number of benzene rings is 3. The molecule has 0 bridgehead atoms. The van der Waals surface area contributed by atoms with Gasteiger partial charge in [0.15, 0.2) is 0 Å². The van der Waals surface area contributed by atoms with Gasteiger partial charge in [-0.25, -0.2) is 4.98 Å². The summed E-state index contributed by atoms with van der Waals surface area (Å²) in [5, 5.41) is 1.74. The molecular weight excluding hydrogens is 394 g/mol. The molecule has 0 saturated heterocycles. The fourth-order valence-electron chi connectivity index (χ4n) is 3.46. The Morgan fingerprint density at radius 3 is 2.27 bits per heavy atom. The van der Waals surface area contributed by atoms with Crippen molar-refractivity contribution in [3.63, 3.8) is 0 Å². The average Bonchev–Trinajstić information content (AvgIpc) is 2.79. The van der Waals surface area contributed by atoms with Crippen LogP contribution in [0.1, 0.15) is 5.69 Å². The fourth-order valence-corrected chi connectivity index (χ4v) is 4.61. The summed E-state index contributed by atoms with van der Waals surface area (Å²) in [6, 6.07) is 27.9. The largest absolute Gasteiger partial charge is 0.268 e. The summed E-state index contributed by atoms with van der Waals surface area (Å²) in [4.78, 5) is 22.5. The van der Waals surface area contributed by atoms with E-state index in [-0.39, 0.29) is 16.5 Å². The molecule has 2 aromatic heterocycles. The smallest absolute Gasteiger partial charge is 0.266 e. The Bertz CT molecular complexity index is 1460. The van der Waals surface area contributed by atoms with Gasteiger partial charge in [-0.1, -0.05) is 54.6 Å². The lowest BCUT2D eigenvalue weighted by molar-refractivity contribution is 0.666. The van der Waals surface area contributed by atoms with Gasteiger partial charge < -0.3 is 0 Å². The molecule has 5 rings (SSSR count). The van der Waals surface area contributed by atoms with Gasteiger partial charge in [0.2, 0.25) is 5.16 Å². The van der Waals surface area contributed by atoms with Crippen molar-refractivity contribution in [3.8, 4) is 5.69 Å². The van der Waals surface area contributed by atoms with Crippen molar-refractivity contribution in [2.24, 2.45) is 0 Å². The maximum Gasteiger partial charge on any atom is 0.266 e. The third-order valence-corrected chi connectivity index (χ3v) is 6.14. The van der Waals surface area contributed by atoms with Crippen LogP contribution < -0.4 is 5.56 Å². The first kappa shape index (κ1) is 18.4. The highest BCUT2D eigenvalue weighted by Crippen LogP contribution is 2.18. The molecule has 5 nitrogen and oxygen atoms in total. The topological polar surface area (TPSA) is 64.8 Å². The molecule has 3 aromatic carbocycles. The van der Waals surface area contributed by atoms with E-state index >= 15 is 0 Å². The fraction of sp³-hybridized carbons (Fsp3) is 0.0417. The SMILES string of the molecule is O=c1c2ccccc2nc(S(=O)Cc2ccc3ccccc3n2)n1-c1ccccc1. The molecule has 0 N–H and O–H groups in total. The van der Waals surface area contributed by atoms with Crippen LogP contribution in [-0.2, 0) is 16.6 Å². The molecule has 146 valence electrons. The standard InChI is InChI=1S/C24H17N3O2S/c28-23-20-11-5-7-13-22(20)26-24(27(23)19-9-2-1-3-10-19)30(29)16-18-15-14-17-8-4-6-12-21(17)25-18/h1-15H,16H2. The van der Waals surface area contributed by atoms with E-state index in [1.165, 1.54) is 4.57 Å². The Morgan fingerprint density at radius 1 is 0.733 bits per heavy atom. The molecular formula is C24H17N3O2S. The van der Waals surface area contributed by atoms with Crippen LogP contribution in [0.3, 0.4) is 0 Å². The van der Waals surface area contributed by atoms with E-state index in [9.17, 15) is 9.00 Å². The second kappa shape index (κ2) is 7.65. The quantitative estimate of drug-likeness (QED) is 0.415. The third-order valence-electron chi connectivity index (χ3n) is 4.90. The zero-order valence-electron chi connectivity index (χ0n) is 15.9. The van der Waals surface area contributed by atoms with Gasteiger partial charge in [0, 0.05) is 5.39 Å². The molecule has 0 saturated carbocycles. The van der Waals surface area contributed by atoms with Gasteiger partial charge in [0.05, 0.1) is 44.4 Å². The number of hydrogen-bond donors (Lipinski definition) is 0. The Balaban J connectivity index is 1.65. The normalized spacial score (nSPS) is 12.3. The predicted octanol–water partition coefficient (Wildman–Crippen LogP) is 4.24. The minimum absolute atomic E-state index is 0.169. The monoisotopic (exact) mass is 411 g/mol. The zero-order chi connectivity index (χ0) is 20.5. The number of pyridine rings is 1. The van der Waals surface area contributed by atoms with E-state index in [1.807, 2.05) is 72.8 Å². The first-order chi connectivity index (χ1) is 14.7. The molecule has 0 aliphatic heterocycles. The summed E-state index contributed by atoms with van der Waals surface area (Å²) in [7, 11) is -1.57. The predicted molar refractivity (Wildman–Crippen MR) is 119 cm³/mol. The van der Waals surface area contributed by atoms with Gasteiger partial charge in [-0.15, -0.1) is 0 Å². The molecule has 0 fully saturated rings. The number of fused-ring (bicyclic) bond motifs is 2. The van der Waals surface area contributed by atoms with E-state index in [0.717, 1.165) is 10.9 Å². The summed E-state index contributed by atoms with van der Waals surface area (Å²) in [6.45, 7) is 0. The van der Waals surface area contributed by atoms with E-state index in [2.05, 4.69) is 9.97 Å². The summed E-state index contributed by atoms with van der Waals surface area (Å²) in [5.74, 6) is 0.169. The summed E-state index contributed by atoms with van der Waals surface area (Å²) >= 11 is 0. The van der Waals surface area contributed by atoms with Gasteiger partial charge in [-0.3, -0.25) is 18.6 Å². The maximum absolute atomic E-state index is 13.4. The van der Waals surface area contributed by atoms with Crippen LogP contribution in [0.15, 0.2) is 101 Å². The lowest BCUT2D eigenvalue weighted by Crippen LogP contribution is -2.25. The molecule has 0 aliphatic rings. The molecule has 0 amide bonds. The number of para-hydroxylation sites is 3. The van der Waals surface area contributed by atoms with Crippen molar-refractivity contribution in [2.45, 2.75) is 10.9 Å². The van der Waals surface area contributed by atoms with Crippen molar-refractivity contribution in [1.82, 2.24) is 14.5 Å². The molecule has 0 radical (unpaired) electrons. The Kier molecular flexibility index (Phi) is 4.69.